The van der Waals surface area contributed by atoms with Gasteiger partial charge in [-0.05, 0) is 44.7 Å². The Bertz CT molecular complexity index is 574. The van der Waals surface area contributed by atoms with E-state index in [-0.39, 0.29) is 0 Å². The summed E-state index contributed by atoms with van der Waals surface area (Å²) in [4.78, 5) is 6.88. The molecule has 0 bridgehead atoms. The summed E-state index contributed by atoms with van der Waals surface area (Å²) < 4.78 is 3.31. The third kappa shape index (κ3) is 1.72. The lowest BCUT2D eigenvalue weighted by Crippen LogP contribution is -2.21. The van der Waals surface area contributed by atoms with Gasteiger partial charge < -0.3 is 10.6 Å². The van der Waals surface area contributed by atoms with E-state index in [1.165, 1.54) is 12.8 Å². The third-order valence-corrected chi connectivity index (χ3v) is 4.29. The number of aromatic nitrogens is 3. The zero-order valence-electron chi connectivity index (χ0n) is 9.03. The van der Waals surface area contributed by atoms with E-state index in [9.17, 15) is 0 Å². The highest BCUT2D eigenvalue weighted by atomic mass is 79.9. The standard InChI is InChI=1S/C10H11Br2N5/c11-6-5-14-17-8(13)7(12)10(15-9(6)17)16-3-1-2-4-16/h5H,1-4,13H2. The van der Waals surface area contributed by atoms with Crippen LogP contribution in [0.1, 0.15) is 12.8 Å². The first-order valence-electron chi connectivity index (χ1n) is 5.41. The monoisotopic (exact) mass is 359 g/mol. The number of nitrogens with zero attached hydrogens (tertiary/aromatic N) is 4. The van der Waals surface area contributed by atoms with Gasteiger partial charge in [-0.1, -0.05) is 0 Å². The quantitative estimate of drug-likeness (QED) is 0.848. The molecule has 0 saturated carbocycles. The number of fused-ring (bicyclic) bond motifs is 1. The molecule has 0 amide bonds. The topological polar surface area (TPSA) is 59.5 Å². The number of anilines is 2. The zero-order valence-corrected chi connectivity index (χ0v) is 12.2. The average molecular weight is 361 g/mol. The zero-order chi connectivity index (χ0) is 12.0. The highest BCUT2D eigenvalue weighted by Gasteiger charge is 2.21. The lowest BCUT2D eigenvalue weighted by molar-refractivity contribution is 0.899. The van der Waals surface area contributed by atoms with Crippen molar-refractivity contribution < 1.29 is 0 Å². The van der Waals surface area contributed by atoms with E-state index in [1.807, 2.05) is 0 Å². The molecule has 0 spiro atoms. The molecule has 0 aliphatic carbocycles. The van der Waals surface area contributed by atoms with Crippen molar-refractivity contribution in [1.29, 1.82) is 0 Å². The Hall–Kier alpha value is -0.820. The molecule has 3 heterocycles. The molecule has 3 rings (SSSR count). The van der Waals surface area contributed by atoms with Crippen LogP contribution in [-0.2, 0) is 0 Å². The second kappa shape index (κ2) is 4.13. The van der Waals surface area contributed by atoms with Gasteiger partial charge in [-0.3, -0.25) is 0 Å². The van der Waals surface area contributed by atoms with Gasteiger partial charge in [0.2, 0.25) is 0 Å². The molecule has 2 aromatic heterocycles. The summed E-state index contributed by atoms with van der Waals surface area (Å²) in [5, 5.41) is 4.18. The fraction of sp³-hybridized carbons (Fsp3) is 0.400. The van der Waals surface area contributed by atoms with E-state index in [1.54, 1.807) is 10.7 Å². The van der Waals surface area contributed by atoms with Gasteiger partial charge in [0.1, 0.15) is 16.1 Å². The van der Waals surface area contributed by atoms with Crippen LogP contribution >= 0.6 is 31.9 Å². The molecule has 0 radical (unpaired) electrons. The van der Waals surface area contributed by atoms with E-state index in [0.29, 0.717) is 5.82 Å². The minimum absolute atomic E-state index is 0.586. The summed E-state index contributed by atoms with van der Waals surface area (Å²) in [5.41, 5.74) is 6.82. The van der Waals surface area contributed by atoms with Crippen molar-refractivity contribution >= 4 is 49.1 Å². The molecular formula is C10H11Br2N5. The van der Waals surface area contributed by atoms with Gasteiger partial charge in [-0.25, -0.2) is 4.98 Å². The molecule has 1 saturated heterocycles. The average Bonchev–Trinajstić information content (AvgIpc) is 2.94. The van der Waals surface area contributed by atoms with Gasteiger partial charge in [0.05, 0.1) is 10.7 Å². The Morgan fingerprint density at radius 3 is 2.65 bits per heavy atom. The van der Waals surface area contributed by atoms with Crippen molar-refractivity contribution in [2.24, 2.45) is 0 Å². The van der Waals surface area contributed by atoms with E-state index < -0.39 is 0 Å². The first-order chi connectivity index (χ1) is 8.18. The maximum absolute atomic E-state index is 6.07. The first kappa shape index (κ1) is 11.3. The number of hydrogen-bond acceptors (Lipinski definition) is 4. The van der Waals surface area contributed by atoms with Gasteiger partial charge in [-0.15, -0.1) is 0 Å². The van der Waals surface area contributed by atoms with Crippen LogP contribution in [0.5, 0.6) is 0 Å². The Labute approximate surface area is 115 Å². The molecule has 5 nitrogen and oxygen atoms in total. The van der Waals surface area contributed by atoms with Crippen LogP contribution in [0.4, 0.5) is 11.6 Å². The minimum Gasteiger partial charge on any atom is -0.383 e. The number of nitrogen functional groups attached to an aromatic ring is 1. The summed E-state index contributed by atoms with van der Waals surface area (Å²) >= 11 is 6.95. The number of nitrogens with two attached hydrogens (primary N) is 1. The van der Waals surface area contributed by atoms with E-state index >= 15 is 0 Å². The molecule has 2 aromatic rings. The van der Waals surface area contributed by atoms with Crippen LogP contribution in [0.15, 0.2) is 15.1 Å². The Morgan fingerprint density at radius 2 is 1.94 bits per heavy atom. The first-order valence-corrected chi connectivity index (χ1v) is 7.00. The van der Waals surface area contributed by atoms with Crippen LogP contribution in [0.2, 0.25) is 0 Å². The second-order valence-corrected chi connectivity index (χ2v) is 5.70. The summed E-state index contributed by atoms with van der Waals surface area (Å²) in [6.07, 6.45) is 4.12. The highest BCUT2D eigenvalue weighted by molar-refractivity contribution is 9.11. The predicted octanol–water partition coefficient (Wildman–Crippen LogP) is 2.44. The summed E-state index contributed by atoms with van der Waals surface area (Å²) in [6, 6.07) is 0. The molecule has 0 unspecified atom stereocenters. The van der Waals surface area contributed by atoms with Crippen LogP contribution in [-0.4, -0.2) is 27.7 Å². The van der Waals surface area contributed by atoms with Gasteiger partial charge >= 0.3 is 0 Å². The Kier molecular flexibility index (Phi) is 2.74. The van der Waals surface area contributed by atoms with Crippen LogP contribution < -0.4 is 10.6 Å². The van der Waals surface area contributed by atoms with Crippen molar-refractivity contribution in [1.82, 2.24) is 14.6 Å². The maximum atomic E-state index is 6.07. The van der Waals surface area contributed by atoms with Gasteiger partial charge in [0.25, 0.3) is 0 Å². The smallest absolute Gasteiger partial charge is 0.173 e. The number of rotatable bonds is 1. The van der Waals surface area contributed by atoms with Crippen LogP contribution in [0, 0.1) is 0 Å². The molecule has 90 valence electrons. The lowest BCUT2D eigenvalue weighted by Gasteiger charge is -2.19. The molecule has 0 aromatic carbocycles. The molecule has 1 aliphatic heterocycles. The Balaban J connectivity index is 2.23. The molecule has 7 heteroatoms. The van der Waals surface area contributed by atoms with E-state index in [0.717, 1.165) is 33.5 Å². The summed E-state index contributed by atoms with van der Waals surface area (Å²) in [7, 11) is 0. The molecule has 2 N–H and O–H groups in total. The highest BCUT2D eigenvalue weighted by Crippen LogP contribution is 2.33. The SMILES string of the molecule is Nc1c(Br)c(N2CCCC2)nc2c(Br)cnn12. The predicted molar refractivity (Wildman–Crippen MR) is 74.2 cm³/mol. The van der Waals surface area contributed by atoms with E-state index in [4.69, 9.17) is 5.73 Å². The van der Waals surface area contributed by atoms with Crippen molar-refractivity contribution in [2.75, 3.05) is 23.7 Å². The van der Waals surface area contributed by atoms with Crippen molar-refractivity contribution in [3.63, 3.8) is 0 Å². The van der Waals surface area contributed by atoms with Crippen LogP contribution in [0.3, 0.4) is 0 Å². The summed E-state index contributed by atoms with van der Waals surface area (Å²) in [6.45, 7) is 2.07. The summed E-state index contributed by atoms with van der Waals surface area (Å²) in [5.74, 6) is 1.50. The molecular weight excluding hydrogens is 350 g/mol. The van der Waals surface area contributed by atoms with Gasteiger partial charge in [0, 0.05) is 13.1 Å². The number of hydrogen-bond donors (Lipinski definition) is 1. The molecule has 1 aliphatic rings. The fourth-order valence-electron chi connectivity index (χ4n) is 2.09. The fourth-order valence-corrected chi connectivity index (χ4v) is 2.95. The minimum atomic E-state index is 0.586. The van der Waals surface area contributed by atoms with Crippen LogP contribution in [0.25, 0.3) is 5.65 Å². The van der Waals surface area contributed by atoms with Gasteiger partial charge in [0.15, 0.2) is 5.65 Å². The Morgan fingerprint density at radius 1 is 1.24 bits per heavy atom. The van der Waals surface area contributed by atoms with Crippen molar-refractivity contribution in [3.8, 4) is 0 Å². The third-order valence-electron chi connectivity index (χ3n) is 2.97. The second-order valence-electron chi connectivity index (χ2n) is 4.06. The number of halogens is 2. The van der Waals surface area contributed by atoms with Crippen molar-refractivity contribution in [3.05, 3.63) is 15.1 Å². The lowest BCUT2D eigenvalue weighted by atomic mass is 10.4. The molecule has 1 fully saturated rings. The molecule has 17 heavy (non-hydrogen) atoms. The largest absolute Gasteiger partial charge is 0.383 e. The van der Waals surface area contributed by atoms with Crippen molar-refractivity contribution in [2.45, 2.75) is 12.8 Å². The maximum Gasteiger partial charge on any atom is 0.173 e. The van der Waals surface area contributed by atoms with Gasteiger partial charge in [-0.2, -0.15) is 9.61 Å². The normalized spacial score (nSPS) is 16.0. The van der Waals surface area contributed by atoms with E-state index in [2.05, 4.69) is 46.8 Å². The molecule has 0 atom stereocenters.